The highest BCUT2D eigenvalue weighted by Gasteiger charge is 2.08. The monoisotopic (exact) mass is 474 g/mol. The van der Waals surface area contributed by atoms with Gasteiger partial charge in [0.15, 0.2) is 5.78 Å². The summed E-state index contributed by atoms with van der Waals surface area (Å²) in [5.74, 6) is -0.214. The molecule has 0 aliphatic heterocycles. The van der Waals surface area contributed by atoms with Crippen LogP contribution in [-0.4, -0.2) is 12.6 Å². The number of allylic oxidation sites excluding steroid dienone is 4. The fraction of sp³-hybridized carbons (Fsp3) is 0.400. The third kappa shape index (κ3) is 13.6. The first-order valence-electron chi connectivity index (χ1n) is 11.5. The van der Waals surface area contributed by atoms with Crippen LogP contribution in [0.15, 0.2) is 54.1 Å². The summed E-state index contributed by atoms with van der Waals surface area (Å²) in [6, 6.07) is 10.4. The van der Waals surface area contributed by atoms with E-state index in [-0.39, 0.29) is 11.3 Å². The molecule has 0 heterocycles. The van der Waals surface area contributed by atoms with Gasteiger partial charge in [-0.05, 0) is 94.4 Å². The summed E-state index contributed by atoms with van der Waals surface area (Å²) in [6.07, 6.45) is 3.49. The number of hydrogen-bond acceptors (Lipinski definition) is 2. The van der Waals surface area contributed by atoms with Crippen molar-refractivity contribution < 1.29 is 18.4 Å². The molecule has 0 aliphatic carbocycles. The lowest BCUT2D eigenvalue weighted by molar-refractivity contribution is -0.113. The van der Waals surface area contributed by atoms with Gasteiger partial charge in [-0.3, -0.25) is 4.79 Å². The third-order valence-corrected chi connectivity index (χ3v) is 5.05. The molecular formula is C30H44F2O2. The molecule has 0 aliphatic rings. The quantitative estimate of drug-likeness (QED) is 0.415. The number of carbonyl (C=O) groups excluding carboxylic acids is 2. The lowest BCUT2D eigenvalue weighted by Gasteiger charge is -2.10. The zero-order chi connectivity index (χ0) is 27.4. The van der Waals surface area contributed by atoms with Crippen LogP contribution in [0.5, 0.6) is 0 Å². The van der Waals surface area contributed by atoms with E-state index in [2.05, 4.69) is 45.9 Å². The summed E-state index contributed by atoms with van der Waals surface area (Å²) in [5.41, 5.74) is 5.84. The third-order valence-electron chi connectivity index (χ3n) is 5.05. The highest BCUT2D eigenvalue weighted by atomic mass is 19.1. The second-order valence-corrected chi connectivity index (χ2v) is 7.54. The van der Waals surface area contributed by atoms with Gasteiger partial charge in [0.25, 0.3) is 0 Å². The van der Waals surface area contributed by atoms with Crippen LogP contribution in [0, 0.1) is 25.5 Å². The van der Waals surface area contributed by atoms with Gasteiger partial charge >= 0.3 is 0 Å². The van der Waals surface area contributed by atoms with Crippen LogP contribution in [0.25, 0.3) is 5.57 Å². The summed E-state index contributed by atoms with van der Waals surface area (Å²) in [7, 11) is 0. The minimum Gasteiger partial charge on any atom is -0.307 e. The molecule has 0 aromatic heterocycles. The van der Waals surface area contributed by atoms with Crippen molar-refractivity contribution in [3.63, 3.8) is 0 Å². The maximum atomic E-state index is 13.0. The number of hydrogen-bond donors (Lipinski definition) is 0. The highest BCUT2D eigenvalue weighted by Crippen LogP contribution is 2.21. The lowest BCUT2D eigenvalue weighted by Crippen LogP contribution is -1.93. The zero-order valence-corrected chi connectivity index (χ0v) is 23.0. The van der Waals surface area contributed by atoms with Gasteiger partial charge < -0.3 is 4.79 Å². The molecule has 2 aromatic rings. The largest absolute Gasteiger partial charge is 0.307 e. The first kappa shape index (κ1) is 35.7. The van der Waals surface area contributed by atoms with Crippen LogP contribution in [0.2, 0.25) is 0 Å². The summed E-state index contributed by atoms with van der Waals surface area (Å²) < 4.78 is 26.0. The van der Waals surface area contributed by atoms with E-state index in [9.17, 15) is 13.6 Å². The average Bonchev–Trinajstić information content (AvgIpc) is 2.83. The molecule has 0 amide bonds. The molecule has 190 valence electrons. The molecule has 2 aromatic carbocycles. The number of benzene rings is 2. The van der Waals surface area contributed by atoms with Crippen LogP contribution in [0.3, 0.4) is 0 Å². The molecule has 0 radical (unpaired) electrons. The molecule has 0 saturated carbocycles. The number of carbonyl (C=O) groups is 2. The summed E-state index contributed by atoms with van der Waals surface area (Å²) >= 11 is 0. The number of halogens is 2. The Kier molecular flexibility index (Phi) is 21.7. The van der Waals surface area contributed by atoms with Crippen molar-refractivity contribution in [2.24, 2.45) is 0 Å². The topological polar surface area (TPSA) is 34.1 Å². The Balaban J connectivity index is -0.000000406. The van der Waals surface area contributed by atoms with Crippen LogP contribution in [0.1, 0.15) is 90.5 Å². The maximum absolute atomic E-state index is 13.0. The molecule has 2 rings (SSSR count). The van der Waals surface area contributed by atoms with E-state index in [1.165, 1.54) is 34.9 Å². The fourth-order valence-electron chi connectivity index (χ4n) is 2.62. The van der Waals surface area contributed by atoms with E-state index in [0.717, 1.165) is 5.57 Å². The minimum absolute atomic E-state index is 0.0694. The summed E-state index contributed by atoms with van der Waals surface area (Å²) in [5, 5.41) is 0. The van der Waals surface area contributed by atoms with Gasteiger partial charge in [0.2, 0.25) is 0 Å². The Labute approximate surface area is 206 Å². The molecule has 0 saturated heterocycles. The average molecular weight is 475 g/mol. The van der Waals surface area contributed by atoms with Crippen molar-refractivity contribution in [1.82, 2.24) is 0 Å². The second kappa shape index (κ2) is 20.7. The van der Waals surface area contributed by atoms with Crippen molar-refractivity contribution in [2.45, 2.75) is 82.1 Å². The molecule has 34 heavy (non-hydrogen) atoms. The van der Waals surface area contributed by atoms with E-state index < -0.39 is 11.6 Å². The zero-order valence-electron chi connectivity index (χ0n) is 23.0. The van der Waals surface area contributed by atoms with Gasteiger partial charge in [0, 0.05) is 5.56 Å². The van der Waals surface area contributed by atoms with E-state index in [4.69, 9.17) is 4.79 Å². The Morgan fingerprint density at radius 1 is 0.853 bits per heavy atom. The molecule has 0 unspecified atom stereocenters. The SMILES string of the molecule is C/C=C(/C)c1c(F)cccc1F.C/C=C(\C)C(C)=O.C=O.CC.Cc1cccc(C(C)C)c1C. The van der Waals surface area contributed by atoms with E-state index in [0.29, 0.717) is 11.5 Å². The van der Waals surface area contributed by atoms with Crippen molar-refractivity contribution in [3.05, 3.63) is 88.0 Å². The molecule has 0 fully saturated rings. The van der Waals surface area contributed by atoms with E-state index >= 15 is 0 Å². The smallest absolute Gasteiger partial charge is 0.155 e. The Morgan fingerprint density at radius 2 is 1.29 bits per heavy atom. The lowest BCUT2D eigenvalue weighted by atomic mass is 9.95. The van der Waals surface area contributed by atoms with Crippen molar-refractivity contribution in [1.29, 1.82) is 0 Å². The maximum Gasteiger partial charge on any atom is 0.155 e. The Bertz CT molecular complexity index is 890. The Hall–Kier alpha value is -2.88. The second-order valence-electron chi connectivity index (χ2n) is 7.54. The predicted octanol–water partition coefficient (Wildman–Crippen LogP) is 9.20. The molecular weight excluding hydrogens is 430 g/mol. The first-order chi connectivity index (χ1) is 16.0. The van der Waals surface area contributed by atoms with Crippen molar-refractivity contribution in [2.75, 3.05) is 0 Å². The molecule has 0 bridgehead atoms. The standard InChI is InChI=1S/C11H16.C10H10F2.C6H10O.C2H6.CH2O/c1-8(2)11-7-5-6-9(3)10(11)4;1-3-7(2)10-8(11)5-4-6-9(10)12;1-4-5(2)6(3)7;2*1-2/h5-8H,1-4H3;3-6H,1-2H3;4H,1-3H3;1-2H3;1H2/b;7-3-;5-4+;;. The molecule has 4 heteroatoms. The normalized spacial score (nSPS) is 10.3. The van der Waals surface area contributed by atoms with Gasteiger partial charge in [-0.1, -0.05) is 64.1 Å². The van der Waals surface area contributed by atoms with Crippen molar-refractivity contribution >= 4 is 18.1 Å². The molecule has 0 N–H and O–H groups in total. The van der Waals surface area contributed by atoms with Gasteiger partial charge in [-0.2, -0.15) is 0 Å². The van der Waals surface area contributed by atoms with Gasteiger partial charge in [0.1, 0.15) is 18.4 Å². The van der Waals surface area contributed by atoms with Crippen molar-refractivity contribution in [3.8, 4) is 0 Å². The summed E-state index contributed by atoms with van der Waals surface area (Å²) in [4.78, 5) is 18.3. The first-order valence-corrected chi connectivity index (χ1v) is 11.5. The van der Waals surface area contributed by atoms with Crippen LogP contribution in [0.4, 0.5) is 8.78 Å². The van der Waals surface area contributed by atoms with Gasteiger partial charge in [-0.15, -0.1) is 0 Å². The molecule has 2 nitrogen and oxygen atoms in total. The number of ketones is 1. The van der Waals surface area contributed by atoms with E-state index in [1.807, 2.05) is 40.6 Å². The Morgan fingerprint density at radius 3 is 1.59 bits per heavy atom. The van der Waals surface area contributed by atoms with Crippen LogP contribution < -0.4 is 0 Å². The van der Waals surface area contributed by atoms with E-state index in [1.54, 1.807) is 26.8 Å². The van der Waals surface area contributed by atoms with Crippen LogP contribution >= 0.6 is 0 Å². The highest BCUT2D eigenvalue weighted by molar-refractivity contribution is 5.92. The van der Waals surface area contributed by atoms with Gasteiger partial charge in [0.05, 0.1) is 0 Å². The number of aryl methyl sites for hydroxylation is 1. The molecule has 0 atom stereocenters. The summed E-state index contributed by atoms with van der Waals surface area (Å²) in [6.45, 7) is 23.5. The number of rotatable bonds is 3. The number of Topliss-reactive ketones (excluding diaryl/α,β-unsaturated/α-hetero) is 1. The van der Waals surface area contributed by atoms with Gasteiger partial charge in [-0.25, -0.2) is 8.78 Å². The van der Waals surface area contributed by atoms with Crippen LogP contribution in [-0.2, 0) is 9.59 Å². The molecule has 0 spiro atoms. The minimum atomic E-state index is -0.509. The fourth-order valence-corrected chi connectivity index (χ4v) is 2.62. The predicted molar refractivity (Wildman–Crippen MR) is 144 cm³/mol.